The Morgan fingerprint density at radius 1 is 0.958 bits per heavy atom. The lowest BCUT2D eigenvalue weighted by Crippen LogP contribution is -2.25. The van der Waals surface area contributed by atoms with Crippen molar-refractivity contribution in [2.75, 3.05) is 7.11 Å². The van der Waals surface area contributed by atoms with Crippen molar-refractivity contribution in [1.82, 2.24) is 20.3 Å². The third-order valence-corrected chi connectivity index (χ3v) is 4.55. The number of hydrogen-bond acceptors (Lipinski definition) is 7. The van der Waals surface area contributed by atoms with E-state index in [0.717, 1.165) is 36.8 Å². The van der Waals surface area contributed by atoms with E-state index in [4.69, 9.17) is 13.8 Å². The van der Waals surface area contributed by atoms with E-state index in [1.165, 1.54) is 0 Å². The molecular formula is C17H18N4O3. The van der Waals surface area contributed by atoms with Crippen LogP contribution in [0.3, 0.4) is 0 Å². The van der Waals surface area contributed by atoms with Crippen LogP contribution in [0.1, 0.15) is 37.3 Å². The Hall–Kier alpha value is -2.54. The molecule has 0 atom stereocenters. The lowest BCUT2D eigenvalue weighted by atomic mass is 10.0. The molecule has 1 saturated carbocycles. The van der Waals surface area contributed by atoms with Gasteiger partial charge >= 0.3 is 0 Å². The molecule has 124 valence electrons. The molecule has 4 rings (SSSR count). The summed E-state index contributed by atoms with van der Waals surface area (Å²) in [5.74, 6) is 2.05. The van der Waals surface area contributed by atoms with Gasteiger partial charge in [-0.05, 0) is 44.7 Å². The smallest absolute Gasteiger partial charge is 0.258 e. The number of methoxy groups -OCH3 is 1. The first kappa shape index (κ1) is 15.0. The van der Waals surface area contributed by atoms with Crippen LogP contribution in [0.25, 0.3) is 22.9 Å². The van der Waals surface area contributed by atoms with Crippen LogP contribution in [0.4, 0.5) is 0 Å². The summed E-state index contributed by atoms with van der Waals surface area (Å²) in [5.41, 5.74) is 1.10. The zero-order valence-corrected chi connectivity index (χ0v) is 13.7. The maximum atomic E-state index is 5.73. The average molecular weight is 326 g/mol. The van der Waals surface area contributed by atoms with E-state index in [1.807, 2.05) is 24.3 Å². The highest BCUT2D eigenvalue weighted by atomic mass is 16.5. The molecule has 1 aromatic carbocycles. The molecule has 2 aromatic heterocycles. The fourth-order valence-electron chi connectivity index (χ4n) is 3.25. The van der Waals surface area contributed by atoms with E-state index < -0.39 is 5.60 Å². The molecule has 7 nitrogen and oxygen atoms in total. The van der Waals surface area contributed by atoms with Crippen molar-refractivity contribution in [3.05, 3.63) is 35.9 Å². The topological polar surface area (TPSA) is 87.1 Å². The minimum Gasteiger partial charge on any atom is -0.370 e. The van der Waals surface area contributed by atoms with Crippen LogP contribution < -0.4 is 0 Å². The van der Waals surface area contributed by atoms with Gasteiger partial charge in [0.2, 0.25) is 5.82 Å². The Labute approximate surface area is 139 Å². The molecule has 0 radical (unpaired) electrons. The highest BCUT2D eigenvalue weighted by Gasteiger charge is 2.40. The highest BCUT2D eigenvalue weighted by molar-refractivity contribution is 5.75. The quantitative estimate of drug-likeness (QED) is 0.725. The summed E-state index contributed by atoms with van der Waals surface area (Å²) in [6.45, 7) is 1.78. The number of rotatable bonds is 4. The molecule has 7 heteroatoms. The zero-order valence-electron chi connectivity index (χ0n) is 13.7. The summed E-state index contributed by atoms with van der Waals surface area (Å²) in [7, 11) is 1.70. The number of benzene rings is 1. The van der Waals surface area contributed by atoms with Gasteiger partial charge in [-0.2, -0.15) is 9.97 Å². The van der Waals surface area contributed by atoms with Crippen LogP contribution in [0, 0.1) is 6.92 Å². The monoisotopic (exact) mass is 326 g/mol. The summed E-state index contributed by atoms with van der Waals surface area (Å²) in [6, 6.07) is 7.62. The highest BCUT2D eigenvalue weighted by Crippen LogP contribution is 2.41. The van der Waals surface area contributed by atoms with Crippen molar-refractivity contribution >= 4 is 0 Å². The van der Waals surface area contributed by atoms with E-state index in [9.17, 15) is 0 Å². The lowest BCUT2D eigenvalue weighted by Gasteiger charge is -2.22. The van der Waals surface area contributed by atoms with Gasteiger partial charge in [0, 0.05) is 7.11 Å². The van der Waals surface area contributed by atoms with Crippen LogP contribution in [-0.2, 0) is 10.3 Å². The fraction of sp³-hybridized carbons (Fsp3) is 0.412. The van der Waals surface area contributed by atoms with E-state index in [1.54, 1.807) is 14.0 Å². The molecule has 0 N–H and O–H groups in total. The van der Waals surface area contributed by atoms with E-state index in [0.29, 0.717) is 23.4 Å². The van der Waals surface area contributed by atoms with Crippen LogP contribution in [-0.4, -0.2) is 27.4 Å². The van der Waals surface area contributed by atoms with Gasteiger partial charge in [-0.15, -0.1) is 0 Å². The molecule has 1 fully saturated rings. The maximum absolute atomic E-state index is 5.73. The van der Waals surface area contributed by atoms with Gasteiger partial charge < -0.3 is 13.8 Å². The number of aryl methyl sites for hydroxylation is 1. The summed E-state index contributed by atoms with van der Waals surface area (Å²) >= 11 is 0. The number of ether oxygens (including phenoxy) is 1. The molecular weight excluding hydrogens is 308 g/mol. The molecule has 1 aliphatic rings. The van der Waals surface area contributed by atoms with Crippen molar-refractivity contribution in [2.24, 2.45) is 0 Å². The van der Waals surface area contributed by atoms with Crippen molar-refractivity contribution in [3.8, 4) is 22.9 Å². The fourth-order valence-corrected chi connectivity index (χ4v) is 3.25. The Morgan fingerprint density at radius 2 is 1.58 bits per heavy atom. The van der Waals surface area contributed by atoms with Gasteiger partial charge in [-0.1, -0.05) is 22.4 Å². The third kappa shape index (κ3) is 2.41. The predicted molar refractivity (Wildman–Crippen MR) is 84.9 cm³/mol. The zero-order chi connectivity index (χ0) is 16.6. The van der Waals surface area contributed by atoms with Crippen LogP contribution in [0.2, 0.25) is 0 Å². The molecule has 0 unspecified atom stereocenters. The van der Waals surface area contributed by atoms with Crippen molar-refractivity contribution in [2.45, 2.75) is 38.2 Å². The second-order valence-corrected chi connectivity index (χ2v) is 6.02. The van der Waals surface area contributed by atoms with Gasteiger partial charge in [0.05, 0.1) is 11.1 Å². The van der Waals surface area contributed by atoms with Crippen LogP contribution in [0.15, 0.2) is 33.3 Å². The number of aromatic nitrogens is 4. The van der Waals surface area contributed by atoms with E-state index >= 15 is 0 Å². The van der Waals surface area contributed by atoms with Crippen LogP contribution in [0.5, 0.6) is 0 Å². The number of hydrogen-bond donors (Lipinski definition) is 0. The molecule has 3 aromatic rings. The molecule has 0 spiro atoms. The first-order chi connectivity index (χ1) is 11.7. The standard InChI is InChI=1S/C17H18N4O3/c1-11-18-14(23-20-11)12-7-3-4-8-13(12)15-19-16(21-24-15)17(22-2)9-5-6-10-17/h3-4,7-8H,5-6,9-10H2,1-2H3. The molecule has 24 heavy (non-hydrogen) atoms. The molecule has 0 aliphatic heterocycles. The van der Waals surface area contributed by atoms with Crippen molar-refractivity contribution < 1.29 is 13.8 Å². The summed E-state index contributed by atoms with van der Waals surface area (Å²) in [5, 5.41) is 8.03. The molecule has 1 aliphatic carbocycles. The maximum Gasteiger partial charge on any atom is 0.258 e. The molecule has 2 heterocycles. The summed E-state index contributed by atoms with van der Waals surface area (Å²) in [6.07, 6.45) is 4.03. The van der Waals surface area contributed by atoms with Gasteiger partial charge in [0.15, 0.2) is 5.82 Å². The van der Waals surface area contributed by atoms with Gasteiger partial charge in [-0.25, -0.2) is 0 Å². The van der Waals surface area contributed by atoms with Crippen molar-refractivity contribution in [3.63, 3.8) is 0 Å². The van der Waals surface area contributed by atoms with E-state index in [-0.39, 0.29) is 0 Å². The lowest BCUT2D eigenvalue weighted by molar-refractivity contribution is -0.0178. The molecule has 0 amide bonds. The van der Waals surface area contributed by atoms with Crippen molar-refractivity contribution in [1.29, 1.82) is 0 Å². The second kappa shape index (κ2) is 5.83. The number of nitrogens with zero attached hydrogens (tertiary/aromatic N) is 4. The third-order valence-electron chi connectivity index (χ3n) is 4.55. The predicted octanol–water partition coefficient (Wildman–Crippen LogP) is 3.51. The SMILES string of the molecule is COC1(c2noc(-c3ccccc3-c3nc(C)no3)n2)CCCC1. The summed E-state index contributed by atoms with van der Waals surface area (Å²) < 4.78 is 16.5. The van der Waals surface area contributed by atoms with Gasteiger partial charge in [0.1, 0.15) is 5.60 Å². The normalized spacial score (nSPS) is 16.6. The molecule has 0 saturated heterocycles. The Kier molecular flexibility index (Phi) is 3.65. The Balaban J connectivity index is 1.76. The van der Waals surface area contributed by atoms with E-state index in [2.05, 4.69) is 20.3 Å². The first-order valence-corrected chi connectivity index (χ1v) is 8.01. The summed E-state index contributed by atoms with van der Waals surface area (Å²) in [4.78, 5) is 8.89. The second-order valence-electron chi connectivity index (χ2n) is 6.02. The molecule has 0 bridgehead atoms. The van der Waals surface area contributed by atoms with Crippen LogP contribution >= 0.6 is 0 Å². The Bertz CT molecular complexity index is 849. The van der Waals surface area contributed by atoms with Gasteiger partial charge in [0.25, 0.3) is 11.8 Å². The van der Waals surface area contributed by atoms with Gasteiger partial charge in [-0.3, -0.25) is 0 Å². The minimum atomic E-state index is -0.433. The average Bonchev–Trinajstić information content (AvgIpc) is 3.35. The Morgan fingerprint density at radius 3 is 2.17 bits per heavy atom. The minimum absolute atomic E-state index is 0.430. The largest absolute Gasteiger partial charge is 0.370 e. The first-order valence-electron chi connectivity index (χ1n) is 8.01.